The summed E-state index contributed by atoms with van der Waals surface area (Å²) in [6.07, 6.45) is -0.323. The summed E-state index contributed by atoms with van der Waals surface area (Å²) >= 11 is 4.07. The van der Waals surface area contributed by atoms with Crippen LogP contribution in [-0.2, 0) is 4.53 Å². The van der Waals surface area contributed by atoms with Crippen LogP contribution in [0.5, 0.6) is 0 Å². The quantitative estimate of drug-likeness (QED) is 0.456. The van der Waals surface area contributed by atoms with Gasteiger partial charge in [0.05, 0.1) is 6.54 Å². The molecule has 0 aromatic heterocycles. The largest absolute Gasteiger partial charge is 0.463 e. The first kappa shape index (κ1) is 15.8. The highest BCUT2D eigenvalue weighted by molar-refractivity contribution is 7.80. The lowest BCUT2D eigenvalue weighted by molar-refractivity contribution is -0.0485. The van der Waals surface area contributed by atoms with Crippen molar-refractivity contribution >= 4 is 27.0 Å². The first-order chi connectivity index (χ1) is 7.12. The standard InChI is InChI=1S/C10H23NO3SSi/c1-10(2,3)16(4,5)14-11(9(12)13)7-6-8-15/h15H,6-8H2,1-5H3,(H,12,13). The third-order valence-electron chi connectivity index (χ3n) is 2.88. The first-order valence-electron chi connectivity index (χ1n) is 5.42. The molecule has 0 saturated carbocycles. The SMILES string of the molecule is CC(C)(C)[Si](C)(C)ON(CCCS)C(=O)O. The van der Waals surface area contributed by atoms with Crippen LogP contribution in [0.3, 0.4) is 0 Å². The van der Waals surface area contributed by atoms with Gasteiger partial charge in [-0.15, -0.1) is 0 Å². The van der Waals surface area contributed by atoms with Crippen LogP contribution in [-0.4, -0.2) is 36.9 Å². The molecule has 0 atom stereocenters. The number of hydrogen-bond donors (Lipinski definition) is 2. The average molecular weight is 265 g/mol. The van der Waals surface area contributed by atoms with Gasteiger partial charge in [0.2, 0.25) is 8.32 Å². The van der Waals surface area contributed by atoms with Gasteiger partial charge in [-0.1, -0.05) is 20.8 Å². The lowest BCUT2D eigenvalue weighted by atomic mass is 10.2. The molecular weight excluding hydrogens is 242 g/mol. The molecule has 0 aromatic carbocycles. The summed E-state index contributed by atoms with van der Waals surface area (Å²) in [5.41, 5.74) is 0. The molecule has 0 radical (unpaired) electrons. The maximum Gasteiger partial charge on any atom is 0.430 e. The Balaban J connectivity index is 4.56. The summed E-state index contributed by atoms with van der Waals surface area (Å²) in [6.45, 7) is 10.7. The highest BCUT2D eigenvalue weighted by atomic mass is 32.1. The van der Waals surface area contributed by atoms with Gasteiger partial charge < -0.3 is 9.63 Å². The van der Waals surface area contributed by atoms with Gasteiger partial charge in [0.1, 0.15) is 0 Å². The third-order valence-corrected chi connectivity index (χ3v) is 7.48. The van der Waals surface area contributed by atoms with Gasteiger partial charge in [-0.25, -0.2) is 4.79 Å². The van der Waals surface area contributed by atoms with Gasteiger partial charge in [-0.3, -0.25) is 0 Å². The topological polar surface area (TPSA) is 49.8 Å². The average Bonchev–Trinajstić information content (AvgIpc) is 2.09. The number of thiol groups is 1. The van der Waals surface area contributed by atoms with Crippen molar-refractivity contribution in [1.82, 2.24) is 5.06 Å². The Labute approximate surface area is 104 Å². The molecule has 0 aliphatic heterocycles. The highest BCUT2D eigenvalue weighted by Gasteiger charge is 2.40. The monoisotopic (exact) mass is 265 g/mol. The molecule has 0 aromatic rings. The maximum atomic E-state index is 11.0. The van der Waals surface area contributed by atoms with E-state index in [-0.39, 0.29) is 5.04 Å². The predicted molar refractivity (Wildman–Crippen MR) is 71.5 cm³/mol. The molecule has 0 spiro atoms. The number of rotatable bonds is 5. The van der Waals surface area contributed by atoms with Gasteiger partial charge in [0, 0.05) is 0 Å². The molecule has 0 heterocycles. The molecule has 16 heavy (non-hydrogen) atoms. The van der Waals surface area contributed by atoms with E-state index in [1.54, 1.807) is 0 Å². The zero-order valence-corrected chi connectivity index (χ0v) is 12.7. The van der Waals surface area contributed by atoms with Crippen molar-refractivity contribution in [1.29, 1.82) is 0 Å². The first-order valence-corrected chi connectivity index (χ1v) is 8.96. The molecule has 0 bridgehead atoms. The second kappa shape index (κ2) is 5.93. The van der Waals surface area contributed by atoms with Gasteiger partial charge in [-0.2, -0.15) is 17.7 Å². The minimum Gasteiger partial charge on any atom is -0.463 e. The Morgan fingerprint density at radius 3 is 2.25 bits per heavy atom. The molecule has 4 nitrogen and oxygen atoms in total. The number of amides is 1. The molecule has 1 N–H and O–H groups in total. The predicted octanol–water partition coefficient (Wildman–Crippen LogP) is 3.22. The van der Waals surface area contributed by atoms with Crippen LogP contribution in [0.1, 0.15) is 27.2 Å². The Morgan fingerprint density at radius 2 is 1.94 bits per heavy atom. The van der Waals surface area contributed by atoms with Crippen LogP contribution in [0, 0.1) is 0 Å². The molecule has 0 aliphatic carbocycles. The summed E-state index contributed by atoms with van der Waals surface area (Å²) < 4.78 is 5.70. The molecule has 96 valence electrons. The lowest BCUT2D eigenvalue weighted by Gasteiger charge is -2.38. The van der Waals surface area contributed by atoms with E-state index in [1.165, 1.54) is 0 Å². The van der Waals surface area contributed by atoms with E-state index in [0.717, 1.165) is 5.06 Å². The fourth-order valence-electron chi connectivity index (χ4n) is 0.807. The minimum atomic E-state index is -2.06. The van der Waals surface area contributed by atoms with Gasteiger partial charge in [-0.05, 0) is 30.3 Å². The van der Waals surface area contributed by atoms with Gasteiger partial charge in [0.15, 0.2) is 0 Å². The second-order valence-corrected chi connectivity index (χ2v) is 10.5. The Hall–Kier alpha value is -0.203. The number of nitrogens with zero attached hydrogens (tertiary/aromatic N) is 1. The van der Waals surface area contributed by atoms with Crippen LogP contribution in [0.15, 0.2) is 0 Å². The summed E-state index contributed by atoms with van der Waals surface area (Å²) in [7, 11) is -2.06. The fraction of sp³-hybridized carbons (Fsp3) is 0.900. The second-order valence-electron chi connectivity index (χ2n) is 5.31. The Kier molecular flexibility index (Phi) is 5.85. The summed E-state index contributed by atoms with van der Waals surface area (Å²) in [5, 5.41) is 10.1. The number of carboxylic acid groups (broad SMARTS) is 1. The normalized spacial score (nSPS) is 12.6. The summed E-state index contributed by atoms with van der Waals surface area (Å²) in [4.78, 5) is 11.0. The van der Waals surface area contributed by atoms with Crippen LogP contribution >= 0.6 is 12.6 Å². The van der Waals surface area contributed by atoms with Crippen molar-refractivity contribution in [3.05, 3.63) is 0 Å². The minimum absolute atomic E-state index is 0.00165. The molecule has 1 amide bonds. The number of carbonyl (C=O) groups is 1. The molecule has 6 heteroatoms. The van der Waals surface area contributed by atoms with Crippen molar-refractivity contribution in [3.63, 3.8) is 0 Å². The van der Waals surface area contributed by atoms with E-state index in [1.807, 2.05) is 13.1 Å². The van der Waals surface area contributed by atoms with Crippen molar-refractivity contribution in [2.24, 2.45) is 0 Å². The van der Waals surface area contributed by atoms with E-state index in [0.29, 0.717) is 18.7 Å². The molecular formula is C10H23NO3SSi. The highest BCUT2D eigenvalue weighted by Crippen LogP contribution is 2.37. The molecule has 0 aliphatic rings. The van der Waals surface area contributed by atoms with Crippen molar-refractivity contribution < 1.29 is 14.4 Å². The number of hydrogen-bond acceptors (Lipinski definition) is 3. The van der Waals surface area contributed by atoms with E-state index in [2.05, 4.69) is 33.4 Å². The van der Waals surface area contributed by atoms with E-state index >= 15 is 0 Å². The van der Waals surface area contributed by atoms with E-state index in [9.17, 15) is 4.79 Å². The molecule has 0 saturated heterocycles. The van der Waals surface area contributed by atoms with Gasteiger partial charge >= 0.3 is 6.09 Å². The lowest BCUT2D eigenvalue weighted by Crippen LogP contribution is -2.48. The smallest absolute Gasteiger partial charge is 0.430 e. The zero-order chi connectivity index (χ0) is 13.0. The molecule has 0 unspecified atom stereocenters. The Morgan fingerprint density at radius 1 is 1.44 bits per heavy atom. The van der Waals surface area contributed by atoms with E-state index in [4.69, 9.17) is 9.63 Å². The summed E-state index contributed by atoms with van der Waals surface area (Å²) in [6, 6.07) is 0. The van der Waals surface area contributed by atoms with Gasteiger partial charge in [0.25, 0.3) is 0 Å². The van der Waals surface area contributed by atoms with Crippen molar-refractivity contribution in [2.45, 2.75) is 45.3 Å². The van der Waals surface area contributed by atoms with Crippen LogP contribution in [0.2, 0.25) is 18.1 Å². The van der Waals surface area contributed by atoms with Crippen molar-refractivity contribution in [3.8, 4) is 0 Å². The third kappa shape index (κ3) is 4.76. The summed E-state index contributed by atoms with van der Waals surface area (Å²) in [5.74, 6) is 0.657. The van der Waals surface area contributed by atoms with Crippen LogP contribution in [0.25, 0.3) is 0 Å². The van der Waals surface area contributed by atoms with Crippen LogP contribution in [0.4, 0.5) is 4.79 Å². The van der Waals surface area contributed by atoms with E-state index < -0.39 is 14.4 Å². The Bertz CT molecular complexity index is 241. The molecule has 0 rings (SSSR count). The zero-order valence-electron chi connectivity index (χ0n) is 10.8. The maximum absolute atomic E-state index is 11.0. The fourth-order valence-corrected chi connectivity index (χ4v) is 1.94. The number of hydroxylamine groups is 2. The van der Waals surface area contributed by atoms with Crippen molar-refractivity contribution in [2.75, 3.05) is 12.3 Å². The van der Waals surface area contributed by atoms with Crippen LogP contribution < -0.4 is 0 Å². The molecule has 0 fully saturated rings.